The number of amides is 1. The zero-order valence-electron chi connectivity index (χ0n) is 14.0. The molecule has 4 heteroatoms. The number of ether oxygens (including phenoxy) is 1. The Kier molecular flexibility index (Phi) is 4.71. The Morgan fingerprint density at radius 2 is 1.91 bits per heavy atom. The predicted octanol–water partition coefficient (Wildman–Crippen LogP) is 4.49. The maximum atomic E-state index is 12.4. The highest BCUT2D eigenvalue weighted by Gasteiger charge is 2.20. The molecule has 1 fully saturated rings. The minimum atomic E-state index is 0.168. The topological polar surface area (TPSA) is 29.5 Å². The summed E-state index contributed by atoms with van der Waals surface area (Å²) in [6.07, 6.45) is 2.25. The molecule has 1 aliphatic heterocycles. The van der Waals surface area contributed by atoms with E-state index in [9.17, 15) is 4.79 Å². The lowest BCUT2D eigenvalue weighted by molar-refractivity contribution is 0.0797. The Morgan fingerprint density at radius 1 is 1.17 bits per heavy atom. The first kappa shape index (κ1) is 16.1. The summed E-state index contributed by atoms with van der Waals surface area (Å²) < 4.78 is 5.98. The van der Waals surface area contributed by atoms with Crippen molar-refractivity contribution in [2.45, 2.75) is 40.2 Å². The fraction of sp³-hybridized carbons (Fsp3) is 0.421. The van der Waals surface area contributed by atoms with E-state index >= 15 is 0 Å². The Balaban J connectivity index is 1.67. The van der Waals surface area contributed by atoms with E-state index < -0.39 is 0 Å². The molecule has 23 heavy (non-hydrogen) atoms. The molecule has 1 aliphatic rings. The number of hydrogen-bond acceptors (Lipinski definition) is 3. The number of benzene rings is 1. The van der Waals surface area contributed by atoms with Crippen molar-refractivity contribution in [2.24, 2.45) is 0 Å². The summed E-state index contributed by atoms with van der Waals surface area (Å²) in [5.41, 5.74) is 4.70. The van der Waals surface area contributed by atoms with E-state index in [-0.39, 0.29) is 5.91 Å². The van der Waals surface area contributed by atoms with E-state index in [0.29, 0.717) is 6.61 Å². The van der Waals surface area contributed by atoms with Crippen LogP contribution in [0.5, 0.6) is 5.75 Å². The normalized spacial score (nSPS) is 14.3. The third-order valence-corrected chi connectivity index (χ3v) is 5.38. The SMILES string of the molecule is Cc1cc(C)c(C)c(OCc2csc(C(=O)N3CCCC3)c2)c1. The van der Waals surface area contributed by atoms with Crippen LogP contribution in [0.4, 0.5) is 0 Å². The van der Waals surface area contributed by atoms with Crippen LogP contribution >= 0.6 is 11.3 Å². The summed E-state index contributed by atoms with van der Waals surface area (Å²) in [6, 6.07) is 6.22. The summed E-state index contributed by atoms with van der Waals surface area (Å²) in [7, 11) is 0. The van der Waals surface area contributed by atoms with Crippen LogP contribution in [0.15, 0.2) is 23.6 Å². The lowest BCUT2D eigenvalue weighted by Gasteiger charge is -2.13. The van der Waals surface area contributed by atoms with E-state index in [4.69, 9.17) is 4.74 Å². The highest BCUT2D eigenvalue weighted by molar-refractivity contribution is 7.12. The van der Waals surface area contributed by atoms with Gasteiger partial charge in [0.15, 0.2) is 0 Å². The van der Waals surface area contributed by atoms with Crippen molar-refractivity contribution in [2.75, 3.05) is 13.1 Å². The van der Waals surface area contributed by atoms with Gasteiger partial charge in [0, 0.05) is 18.7 Å². The van der Waals surface area contributed by atoms with Gasteiger partial charge in [0.25, 0.3) is 5.91 Å². The van der Waals surface area contributed by atoms with Gasteiger partial charge in [0.2, 0.25) is 0 Å². The highest BCUT2D eigenvalue weighted by Crippen LogP contribution is 2.25. The van der Waals surface area contributed by atoms with Gasteiger partial charge in [-0.25, -0.2) is 0 Å². The number of carbonyl (C=O) groups excluding carboxylic acids is 1. The molecular weight excluding hydrogens is 306 g/mol. The van der Waals surface area contributed by atoms with Gasteiger partial charge < -0.3 is 9.64 Å². The van der Waals surface area contributed by atoms with E-state index in [1.54, 1.807) is 0 Å². The first-order chi connectivity index (χ1) is 11.0. The molecule has 3 rings (SSSR count). The van der Waals surface area contributed by atoms with Crippen LogP contribution in [0.2, 0.25) is 0 Å². The number of aryl methyl sites for hydroxylation is 2. The van der Waals surface area contributed by atoms with Crippen LogP contribution in [0.1, 0.15) is 44.8 Å². The molecule has 0 radical (unpaired) electrons. The zero-order chi connectivity index (χ0) is 16.4. The minimum absolute atomic E-state index is 0.168. The van der Waals surface area contributed by atoms with Crippen LogP contribution in [0.3, 0.4) is 0 Å². The Labute approximate surface area is 141 Å². The van der Waals surface area contributed by atoms with Crippen molar-refractivity contribution in [3.8, 4) is 5.75 Å². The molecule has 1 amide bonds. The van der Waals surface area contributed by atoms with E-state index in [0.717, 1.165) is 42.1 Å². The van der Waals surface area contributed by atoms with Gasteiger partial charge in [-0.2, -0.15) is 0 Å². The molecule has 3 nitrogen and oxygen atoms in total. The van der Waals surface area contributed by atoms with Crippen molar-refractivity contribution in [1.29, 1.82) is 0 Å². The molecule has 122 valence electrons. The highest BCUT2D eigenvalue weighted by atomic mass is 32.1. The van der Waals surface area contributed by atoms with Crippen molar-refractivity contribution < 1.29 is 9.53 Å². The third-order valence-electron chi connectivity index (χ3n) is 4.42. The predicted molar refractivity (Wildman–Crippen MR) is 94.4 cm³/mol. The van der Waals surface area contributed by atoms with Gasteiger partial charge >= 0.3 is 0 Å². The molecule has 1 aromatic carbocycles. The molecule has 2 heterocycles. The molecule has 0 bridgehead atoms. The number of nitrogens with zero attached hydrogens (tertiary/aromatic N) is 1. The fourth-order valence-corrected chi connectivity index (χ4v) is 3.82. The van der Waals surface area contributed by atoms with Gasteiger partial charge in [-0.1, -0.05) is 6.07 Å². The Morgan fingerprint density at radius 3 is 2.65 bits per heavy atom. The lowest BCUT2D eigenvalue weighted by atomic mass is 10.1. The smallest absolute Gasteiger partial charge is 0.263 e. The first-order valence-electron chi connectivity index (χ1n) is 8.12. The number of carbonyl (C=O) groups is 1. The quantitative estimate of drug-likeness (QED) is 0.827. The average molecular weight is 329 g/mol. The second-order valence-electron chi connectivity index (χ2n) is 6.31. The summed E-state index contributed by atoms with van der Waals surface area (Å²) in [6.45, 7) is 8.56. The second-order valence-corrected chi connectivity index (χ2v) is 7.22. The number of thiophene rings is 1. The average Bonchev–Trinajstić information content (AvgIpc) is 3.20. The molecule has 1 aromatic heterocycles. The van der Waals surface area contributed by atoms with Crippen molar-refractivity contribution in [1.82, 2.24) is 4.90 Å². The molecule has 0 N–H and O–H groups in total. The largest absolute Gasteiger partial charge is 0.489 e. The van der Waals surface area contributed by atoms with Crippen LogP contribution in [0.25, 0.3) is 0 Å². The molecule has 2 aromatic rings. The number of hydrogen-bond donors (Lipinski definition) is 0. The van der Waals surface area contributed by atoms with E-state index in [1.165, 1.54) is 28.0 Å². The zero-order valence-corrected chi connectivity index (χ0v) is 14.8. The van der Waals surface area contributed by atoms with Gasteiger partial charge in [-0.05, 0) is 67.8 Å². The van der Waals surface area contributed by atoms with Crippen LogP contribution < -0.4 is 4.74 Å². The van der Waals surface area contributed by atoms with Crippen LogP contribution in [0, 0.1) is 20.8 Å². The second kappa shape index (κ2) is 6.75. The van der Waals surface area contributed by atoms with E-state index in [1.807, 2.05) is 16.3 Å². The fourth-order valence-electron chi connectivity index (χ4n) is 2.95. The van der Waals surface area contributed by atoms with E-state index in [2.05, 4.69) is 32.9 Å². The van der Waals surface area contributed by atoms with Crippen LogP contribution in [-0.2, 0) is 6.61 Å². The summed E-state index contributed by atoms with van der Waals surface area (Å²) in [4.78, 5) is 15.1. The molecule has 0 aliphatic carbocycles. The third kappa shape index (κ3) is 3.58. The van der Waals surface area contributed by atoms with Gasteiger partial charge in [0.05, 0.1) is 4.88 Å². The summed E-state index contributed by atoms with van der Waals surface area (Å²) in [5, 5.41) is 2.03. The molecule has 0 spiro atoms. The van der Waals surface area contributed by atoms with Crippen molar-refractivity contribution >= 4 is 17.2 Å². The number of likely N-dealkylation sites (tertiary alicyclic amines) is 1. The summed E-state index contributed by atoms with van der Waals surface area (Å²) in [5.74, 6) is 1.10. The lowest BCUT2D eigenvalue weighted by Crippen LogP contribution is -2.26. The number of rotatable bonds is 4. The van der Waals surface area contributed by atoms with Gasteiger partial charge in [0.1, 0.15) is 12.4 Å². The molecular formula is C19H23NO2S. The molecule has 0 unspecified atom stereocenters. The summed E-state index contributed by atoms with van der Waals surface area (Å²) >= 11 is 1.52. The van der Waals surface area contributed by atoms with Crippen molar-refractivity contribution in [3.63, 3.8) is 0 Å². The monoisotopic (exact) mass is 329 g/mol. The minimum Gasteiger partial charge on any atom is -0.489 e. The van der Waals surface area contributed by atoms with Gasteiger partial charge in [-0.3, -0.25) is 4.79 Å². The van der Waals surface area contributed by atoms with Crippen LogP contribution in [-0.4, -0.2) is 23.9 Å². The maximum absolute atomic E-state index is 12.4. The molecule has 0 saturated carbocycles. The molecule has 1 saturated heterocycles. The van der Waals surface area contributed by atoms with Crippen molar-refractivity contribution in [3.05, 3.63) is 50.7 Å². The Bertz CT molecular complexity index is 714. The van der Waals surface area contributed by atoms with Gasteiger partial charge in [-0.15, -0.1) is 11.3 Å². The standard InChI is InChI=1S/C19H23NO2S/c1-13-8-14(2)15(3)17(9-13)22-11-16-10-18(23-12-16)19(21)20-6-4-5-7-20/h8-10,12H,4-7,11H2,1-3H3. The Hall–Kier alpha value is -1.81. The maximum Gasteiger partial charge on any atom is 0.263 e. The molecule has 0 atom stereocenters. The first-order valence-corrected chi connectivity index (χ1v) is 9.00.